The standard InChI is InChI=1S/C9H9FN2O/c10-7-5-3-1-2-4-6(5)12-8(7)9(11)13/h1-4,9,12-13H,11H2. The van der Waals surface area contributed by atoms with Crippen LogP contribution in [-0.2, 0) is 0 Å². The normalized spacial score (nSPS) is 13.5. The first-order chi connectivity index (χ1) is 6.20. The predicted octanol–water partition coefficient (Wildman–Crippen LogP) is 1.26. The van der Waals surface area contributed by atoms with Gasteiger partial charge in [-0.05, 0) is 12.1 Å². The van der Waals surface area contributed by atoms with Crippen molar-refractivity contribution < 1.29 is 9.50 Å². The molecule has 13 heavy (non-hydrogen) atoms. The van der Waals surface area contributed by atoms with E-state index in [1.807, 2.05) is 0 Å². The van der Waals surface area contributed by atoms with Crippen molar-refractivity contribution in [1.29, 1.82) is 0 Å². The van der Waals surface area contributed by atoms with Crippen LogP contribution in [0, 0.1) is 5.82 Å². The van der Waals surface area contributed by atoms with E-state index in [0.29, 0.717) is 10.9 Å². The second kappa shape index (κ2) is 2.83. The van der Waals surface area contributed by atoms with Gasteiger partial charge in [-0.3, -0.25) is 0 Å². The van der Waals surface area contributed by atoms with Crippen LogP contribution in [0.4, 0.5) is 4.39 Å². The average molecular weight is 180 g/mol. The third kappa shape index (κ3) is 1.20. The smallest absolute Gasteiger partial charge is 0.155 e. The molecule has 0 aliphatic rings. The van der Waals surface area contributed by atoms with Crippen LogP contribution >= 0.6 is 0 Å². The van der Waals surface area contributed by atoms with Crippen molar-refractivity contribution >= 4 is 10.9 Å². The molecule has 1 unspecified atom stereocenters. The zero-order valence-corrected chi connectivity index (χ0v) is 6.79. The highest BCUT2D eigenvalue weighted by Crippen LogP contribution is 2.22. The first kappa shape index (κ1) is 8.22. The number of hydrogen-bond acceptors (Lipinski definition) is 2. The van der Waals surface area contributed by atoms with Gasteiger partial charge in [0.05, 0.1) is 5.69 Å². The highest BCUT2D eigenvalue weighted by Gasteiger charge is 2.14. The Balaban J connectivity index is 2.74. The Bertz CT molecular complexity index is 436. The molecular formula is C9H9FN2O. The van der Waals surface area contributed by atoms with Crippen LogP contribution in [0.2, 0.25) is 0 Å². The van der Waals surface area contributed by atoms with Crippen LogP contribution < -0.4 is 5.73 Å². The van der Waals surface area contributed by atoms with E-state index in [4.69, 9.17) is 10.8 Å². The number of rotatable bonds is 1. The number of aromatic amines is 1. The molecule has 3 nitrogen and oxygen atoms in total. The van der Waals surface area contributed by atoms with E-state index in [1.54, 1.807) is 24.3 Å². The first-order valence-corrected chi connectivity index (χ1v) is 3.90. The highest BCUT2D eigenvalue weighted by atomic mass is 19.1. The van der Waals surface area contributed by atoms with Gasteiger partial charge < -0.3 is 15.8 Å². The fourth-order valence-corrected chi connectivity index (χ4v) is 1.33. The number of fused-ring (bicyclic) bond motifs is 1. The zero-order chi connectivity index (χ0) is 9.42. The number of halogens is 1. The van der Waals surface area contributed by atoms with Crippen LogP contribution in [-0.4, -0.2) is 10.1 Å². The molecule has 0 amide bonds. The molecule has 4 heteroatoms. The van der Waals surface area contributed by atoms with Gasteiger partial charge in [-0.1, -0.05) is 12.1 Å². The quantitative estimate of drug-likeness (QED) is 0.578. The lowest BCUT2D eigenvalue weighted by atomic mass is 10.2. The molecule has 0 aliphatic heterocycles. The average Bonchev–Trinajstić information content (AvgIpc) is 2.45. The Labute approximate surface area is 74.0 Å². The van der Waals surface area contributed by atoms with E-state index in [9.17, 15) is 4.39 Å². The third-order valence-electron chi connectivity index (χ3n) is 1.97. The fourth-order valence-electron chi connectivity index (χ4n) is 1.33. The fraction of sp³-hybridized carbons (Fsp3) is 0.111. The first-order valence-electron chi connectivity index (χ1n) is 3.90. The second-order valence-electron chi connectivity index (χ2n) is 2.84. The minimum Gasteiger partial charge on any atom is -0.373 e. The number of H-pyrrole nitrogens is 1. The third-order valence-corrected chi connectivity index (χ3v) is 1.97. The monoisotopic (exact) mass is 180 g/mol. The summed E-state index contributed by atoms with van der Waals surface area (Å²) in [5.41, 5.74) is 5.83. The maximum atomic E-state index is 13.4. The van der Waals surface area contributed by atoms with E-state index >= 15 is 0 Å². The van der Waals surface area contributed by atoms with Gasteiger partial charge in [-0.15, -0.1) is 0 Å². The summed E-state index contributed by atoms with van der Waals surface area (Å²) in [6.45, 7) is 0. The van der Waals surface area contributed by atoms with Gasteiger partial charge in [0, 0.05) is 10.9 Å². The Morgan fingerprint density at radius 3 is 2.69 bits per heavy atom. The Hall–Kier alpha value is -1.39. The molecule has 4 N–H and O–H groups in total. The lowest BCUT2D eigenvalue weighted by molar-refractivity contribution is 0.177. The summed E-state index contributed by atoms with van der Waals surface area (Å²) in [7, 11) is 0. The maximum Gasteiger partial charge on any atom is 0.155 e. The summed E-state index contributed by atoms with van der Waals surface area (Å²) in [6, 6.07) is 6.87. The van der Waals surface area contributed by atoms with Gasteiger partial charge in [0.2, 0.25) is 0 Å². The number of nitrogens with two attached hydrogens (primary N) is 1. The molecule has 0 bridgehead atoms. The van der Waals surface area contributed by atoms with Crippen LogP contribution in [0.15, 0.2) is 24.3 Å². The molecule has 68 valence electrons. The van der Waals surface area contributed by atoms with E-state index in [0.717, 1.165) is 0 Å². The molecule has 0 spiro atoms. The molecular weight excluding hydrogens is 171 g/mol. The van der Waals surface area contributed by atoms with Gasteiger partial charge in [0.15, 0.2) is 5.82 Å². The van der Waals surface area contributed by atoms with Gasteiger partial charge in [-0.25, -0.2) is 4.39 Å². The number of benzene rings is 1. The lowest BCUT2D eigenvalue weighted by Crippen LogP contribution is -2.10. The zero-order valence-electron chi connectivity index (χ0n) is 6.79. The molecule has 0 radical (unpaired) electrons. The molecule has 1 heterocycles. The molecule has 1 aromatic carbocycles. The molecule has 1 atom stereocenters. The van der Waals surface area contributed by atoms with Crippen molar-refractivity contribution in [2.24, 2.45) is 5.73 Å². The van der Waals surface area contributed by atoms with Crippen molar-refractivity contribution in [2.45, 2.75) is 6.23 Å². The van der Waals surface area contributed by atoms with Crippen molar-refractivity contribution in [1.82, 2.24) is 4.98 Å². The van der Waals surface area contributed by atoms with E-state index < -0.39 is 12.0 Å². The summed E-state index contributed by atoms with van der Waals surface area (Å²) in [5, 5.41) is 9.46. The summed E-state index contributed by atoms with van der Waals surface area (Å²) in [6.07, 6.45) is -1.30. The second-order valence-corrected chi connectivity index (χ2v) is 2.84. The minimum atomic E-state index is -1.30. The number of aliphatic hydroxyl groups excluding tert-OH is 1. The Morgan fingerprint density at radius 2 is 2.08 bits per heavy atom. The number of nitrogens with one attached hydrogen (secondary N) is 1. The van der Waals surface area contributed by atoms with Crippen LogP contribution in [0.5, 0.6) is 0 Å². The molecule has 2 aromatic rings. The largest absolute Gasteiger partial charge is 0.373 e. The summed E-state index contributed by atoms with van der Waals surface area (Å²) in [5.74, 6) is -0.481. The molecule has 0 saturated carbocycles. The summed E-state index contributed by atoms with van der Waals surface area (Å²) >= 11 is 0. The van der Waals surface area contributed by atoms with E-state index in [1.165, 1.54) is 0 Å². The molecule has 0 fully saturated rings. The van der Waals surface area contributed by atoms with Crippen molar-refractivity contribution in [3.8, 4) is 0 Å². The van der Waals surface area contributed by atoms with Crippen molar-refractivity contribution in [3.05, 3.63) is 35.8 Å². The summed E-state index contributed by atoms with van der Waals surface area (Å²) < 4.78 is 13.4. The van der Waals surface area contributed by atoms with Crippen LogP contribution in [0.3, 0.4) is 0 Å². The van der Waals surface area contributed by atoms with Gasteiger partial charge >= 0.3 is 0 Å². The minimum absolute atomic E-state index is 0.0289. The number of para-hydroxylation sites is 1. The van der Waals surface area contributed by atoms with Crippen LogP contribution in [0.1, 0.15) is 11.9 Å². The number of hydrogen-bond donors (Lipinski definition) is 3. The molecule has 0 saturated heterocycles. The van der Waals surface area contributed by atoms with Crippen LogP contribution in [0.25, 0.3) is 10.9 Å². The predicted molar refractivity (Wildman–Crippen MR) is 47.4 cm³/mol. The maximum absolute atomic E-state index is 13.4. The topological polar surface area (TPSA) is 62.0 Å². The van der Waals surface area contributed by atoms with Crippen molar-refractivity contribution in [3.63, 3.8) is 0 Å². The molecule has 1 aromatic heterocycles. The Kier molecular flexibility index (Phi) is 1.79. The summed E-state index contributed by atoms with van der Waals surface area (Å²) in [4.78, 5) is 2.71. The van der Waals surface area contributed by atoms with Gasteiger partial charge in [0.25, 0.3) is 0 Å². The number of aromatic nitrogens is 1. The molecule has 0 aliphatic carbocycles. The van der Waals surface area contributed by atoms with E-state index in [2.05, 4.69) is 4.98 Å². The number of aliphatic hydroxyl groups is 1. The Morgan fingerprint density at radius 1 is 1.38 bits per heavy atom. The van der Waals surface area contributed by atoms with E-state index in [-0.39, 0.29) is 5.69 Å². The van der Waals surface area contributed by atoms with Crippen molar-refractivity contribution in [2.75, 3.05) is 0 Å². The van der Waals surface area contributed by atoms with Gasteiger partial charge in [-0.2, -0.15) is 0 Å². The molecule has 2 rings (SSSR count). The highest BCUT2D eigenvalue weighted by molar-refractivity contribution is 5.81. The lowest BCUT2D eigenvalue weighted by Gasteiger charge is -1.99. The van der Waals surface area contributed by atoms with Gasteiger partial charge in [0.1, 0.15) is 6.23 Å². The SMILES string of the molecule is NC(O)c1[nH]c2ccccc2c1F.